The molecule has 0 saturated carbocycles. The Balaban J connectivity index is 1.57. The Bertz CT molecular complexity index is 1360. The maximum absolute atomic E-state index is 12.5. The monoisotopic (exact) mass is 433 g/mol. The van der Waals surface area contributed by atoms with Gasteiger partial charge in [-0.1, -0.05) is 30.0 Å². The lowest BCUT2D eigenvalue weighted by atomic mass is 10.1. The second-order valence-corrected chi connectivity index (χ2v) is 8.48. The van der Waals surface area contributed by atoms with Crippen molar-refractivity contribution in [3.8, 4) is 5.69 Å². The minimum Gasteiger partial charge on any atom is -0.325 e. The second-order valence-electron chi connectivity index (χ2n) is 7.52. The minimum atomic E-state index is -0.280. The molecule has 2 aromatic heterocycles. The van der Waals surface area contributed by atoms with Gasteiger partial charge in [-0.3, -0.25) is 9.59 Å². The Morgan fingerprint density at radius 3 is 2.68 bits per heavy atom. The van der Waals surface area contributed by atoms with Crippen molar-refractivity contribution in [1.29, 1.82) is 0 Å². The van der Waals surface area contributed by atoms with Crippen LogP contribution in [0, 0.1) is 27.7 Å². The SMILES string of the molecule is Cc1ccc(-n2ncc3c(=O)[nH]c(SCC(=O)Nc4cccc(C)c4C)nc32)cc1C. The molecule has 4 rings (SSSR count). The maximum atomic E-state index is 12.5. The van der Waals surface area contributed by atoms with E-state index in [-0.39, 0.29) is 17.2 Å². The van der Waals surface area contributed by atoms with Crippen molar-refractivity contribution in [2.75, 3.05) is 11.1 Å². The highest BCUT2D eigenvalue weighted by molar-refractivity contribution is 7.99. The molecule has 2 N–H and O–H groups in total. The number of thioether (sulfide) groups is 1. The number of carbonyl (C=O) groups excluding carboxylic acids is 1. The number of aromatic nitrogens is 4. The number of carbonyl (C=O) groups is 1. The van der Waals surface area contributed by atoms with Gasteiger partial charge in [-0.2, -0.15) is 5.10 Å². The lowest BCUT2D eigenvalue weighted by Gasteiger charge is -2.10. The van der Waals surface area contributed by atoms with Crippen LogP contribution < -0.4 is 10.9 Å². The molecular formula is C23H23N5O2S. The van der Waals surface area contributed by atoms with Crippen LogP contribution in [0.1, 0.15) is 22.3 Å². The molecule has 158 valence electrons. The number of nitrogens with one attached hydrogen (secondary N) is 2. The van der Waals surface area contributed by atoms with E-state index in [0.29, 0.717) is 16.2 Å². The van der Waals surface area contributed by atoms with Crippen LogP contribution in [0.2, 0.25) is 0 Å². The quantitative estimate of drug-likeness (QED) is 0.366. The Labute approximate surface area is 183 Å². The number of aromatic amines is 1. The summed E-state index contributed by atoms with van der Waals surface area (Å²) in [6.07, 6.45) is 1.51. The van der Waals surface area contributed by atoms with Gasteiger partial charge in [-0.15, -0.1) is 0 Å². The van der Waals surface area contributed by atoms with Gasteiger partial charge in [-0.05, 0) is 68.1 Å². The average molecular weight is 434 g/mol. The van der Waals surface area contributed by atoms with Crippen molar-refractivity contribution >= 4 is 34.4 Å². The largest absolute Gasteiger partial charge is 0.325 e. The molecular weight excluding hydrogens is 410 g/mol. The molecule has 8 heteroatoms. The molecule has 0 aliphatic heterocycles. The van der Waals surface area contributed by atoms with Crippen molar-refractivity contribution in [3.63, 3.8) is 0 Å². The van der Waals surface area contributed by atoms with E-state index < -0.39 is 0 Å². The standard InChI is InChI=1S/C23H23N5O2S/c1-13-8-9-17(10-15(13)3)28-21-18(11-24-28)22(30)27-23(26-21)31-12-20(29)25-19-7-5-6-14(2)16(19)4/h5-11H,12H2,1-4H3,(H,25,29)(H,26,27,30). The van der Waals surface area contributed by atoms with Crippen LogP contribution in [0.15, 0.2) is 52.5 Å². The molecule has 0 bridgehead atoms. The van der Waals surface area contributed by atoms with E-state index in [1.54, 1.807) is 4.68 Å². The lowest BCUT2D eigenvalue weighted by molar-refractivity contribution is -0.113. The van der Waals surface area contributed by atoms with Crippen molar-refractivity contribution in [1.82, 2.24) is 19.7 Å². The van der Waals surface area contributed by atoms with Crippen molar-refractivity contribution in [2.24, 2.45) is 0 Å². The number of fused-ring (bicyclic) bond motifs is 1. The van der Waals surface area contributed by atoms with Gasteiger partial charge >= 0.3 is 0 Å². The number of benzene rings is 2. The number of hydrogen-bond acceptors (Lipinski definition) is 5. The lowest BCUT2D eigenvalue weighted by Crippen LogP contribution is -2.16. The fraction of sp³-hybridized carbons (Fsp3) is 0.217. The van der Waals surface area contributed by atoms with E-state index in [2.05, 4.69) is 20.4 Å². The van der Waals surface area contributed by atoms with E-state index in [1.165, 1.54) is 23.5 Å². The molecule has 0 fully saturated rings. The summed E-state index contributed by atoms with van der Waals surface area (Å²) in [4.78, 5) is 32.3. The highest BCUT2D eigenvalue weighted by atomic mass is 32.2. The normalized spacial score (nSPS) is 11.1. The van der Waals surface area contributed by atoms with Gasteiger partial charge < -0.3 is 10.3 Å². The van der Waals surface area contributed by atoms with E-state index in [9.17, 15) is 9.59 Å². The molecule has 0 unspecified atom stereocenters. The average Bonchev–Trinajstić information content (AvgIpc) is 3.16. The summed E-state index contributed by atoms with van der Waals surface area (Å²) in [7, 11) is 0. The number of amides is 1. The second kappa shape index (κ2) is 8.39. The molecule has 0 aliphatic carbocycles. The van der Waals surface area contributed by atoms with Crippen molar-refractivity contribution in [2.45, 2.75) is 32.9 Å². The summed E-state index contributed by atoms with van der Waals surface area (Å²) in [6, 6.07) is 11.8. The van der Waals surface area contributed by atoms with Crippen molar-refractivity contribution < 1.29 is 4.79 Å². The van der Waals surface area contributed by atoms with Crippen LogP contribution in [0.3, 0.4) is 0 Å². The highest BCUT2D eigenvalue weighted by Crippen LogP contribution is 2.21. The molecule has 0 spiro atoms. The number of H-pyrrole nitrogens is 1. The number of rotatable bonds is 5. The highest BCUT2D eigenvalue weighted by Gasteiger charge is 2.14. The molecule has 4 aromatic rings. The number of anilines is 1. The molecule has 1 amide bonds. The predicted molar refractivity (Wildman–Crippen MR) is 124 cm³/mol. The summed E-state index contributed by atoms with van der Waals surface area (Å²) < 4.78 is 1.65. The van der Waals surface area contributed by atoms with E-state index in [0.717, 1.165) is 28.1 Å². The number of aryl methyl sites for hydroxylation is 3. The molecule has 0 saturated heterocycles. The van der Waals surface area contributed by atoms with Crippen LogP contribution in [-0.4, -0.2) is 31.4 Å². The summed E-state index contributed by atoms with van der Waals surface area (Å²) >= 11 is 1.18. The van der Waals surface area contributed by atoms with Crippen LogP contribution in [0.5, 0.6) is 0 Å². The minimum absolute atomic E-state index is 0.125. The zero-order valence-corrected chi connectivity index (χ0v) is 18.6. The third-order valence-electron chi connectivity index (χ3n) is 5.37. The van der Waals surface area contributed by atoms with Gasteiger partial charge in [0, 0.05) is 5.69 Å². The maximum Gasteiger partial charge on any atom is 0.262 e. The van der Waals surface area contributed by atoms with Gasteiger partial charge in [0.05, 0.1) is 17.6 Å². The summed E-state index contributed by atoms with van der Waals surface area (Å²) in [5, 5.41) is 8.05. The Morgan fingerprint density at radius 2 is 1.90 bits per heavy atom. The zero-order chi connectivity index (χ0) is 22.1. The summed E-state index contributed by atoms with van der Waals surface area (Å²) in [5.74, 6) is -0.0382. The zero-order valence-electron chi connectivity index (χ0n) is 17.8. The summed E-state index contributed by atoms with van der Waals surface area (Å²) in [5.41, 5.74) is 6.26. The summed E-state index contributed by atoms with van der Waals surface area (Å²) in [6.45, 7) is 8.04. The first-order chi connectivity index (χ1) is 14.8. The molecule has 2 heterocycles. The van der Waals surface area contributed by atoms with Gasteiger partial charge in [-0.25, -0.2) is 9.67 Å². The molecule has 0 radical (unpaired) electrons. The molecule has 31 heavy (non-hydrogen) atoms. The fourth-order valence-corrected chi connectivity index (χ4v) is 3.88. The topological polar surface area (TPSA) is 92.7 Å². The Kier molecular flexibility index (Phi) is 5.65. The number of hydrogen-bond donors (Lipinski definition) is 2. The molecule has 7 nitrogen and oxygen atoms in total. The van der Waals surface area contributed by atoms with Gasteiger partial charge in [0.15, 0.2) is 10.8 Å². The third kappa shape index (κ3) is 4.25. The Hall–Kier alpha value is -3.39. The van der Waals surface area contributed by atoms with Crippen LogP contribution >= 0.6 is 11.8 Å². The van der Waals surface area contributed by atoms with E-state index >= 15 is 0 Å². The van der Waals surface area contributed by atoms with Gasteiger partial charge in [0.2, 0.25) is 5.91 Å². The van der Waals surface area contributed by atoms with Gasteiger partial charge in [0.1, 0.15) is 5.39 Å². The smallest absolute Gasteiger partial charge is 0.262 e. The predicted octanol–water partition coefficient (Wildman–Crippen LogP) is 4.07. The first-order valence-electron chi connectivity index (χ1n) is 9.88. The van der Waals surface area contributed by atoms with E-state index in [1.807, 2.05) is 64.1 Å². The van der Waals surface area contributed by atoms with E-state index in [4.69, 9.17) is 0 Å². The first-order valence-corrected chi connectivity index (χ1v) is 10.9. The third-order valence-corrected chi connectivity index (χ3v) is 6.24. The fourth-order valence-electron chi connectivity index (χ4n) is 3.22. The van der Waals surface area contributed by atoms with Crippen LogP contribution in [-0.2, 0) is 4.79 Å². The van der Waals surface area contributed by atoms with Crippen LogP contribution in [0.4, 0.5) is 5.69 Å². The van der Waals surface area contributed by atoms with Crippen LogP contribution in [0.25, 0.3) is 16.7 Å². The molecule has 2 aromatic carbocycles. The number of nitrogens with zero attached hydrogens (tertiary/aromatic N) is 3. The van der Waals surface area contributed by atoms with Crippen molar-refractivity contribution in [3.05, 3.63) is 75.2 Å². The Morgan fingerprint density at radius 1 is 1.10 bits per heavy atom. The van der Waals surface area contributed by atoms with Gasteiger partial charge in [0.25, 0.3) is 5.56 Å². The first kappa shape index (κ1) is 20.9. The molecule has 0 atom stereocenters. The molecule has 0 aliphatic rings.